The van der Waals surface area contributed by atoms with Crippen molar-refractivity contribution in [3.8, 4) is 0 Å². The number of carbonyl (C=O) groups excluding carboxylic acids is 1. The predicted octanol–water partition coefficient (Wildman–Crippen LogP) is 2.86. The summed E-state index contributed by atoms with van der Waals surface area (Å²) in [5.74, 6) is -1.01. The van der Waals surface area contributed by atoms with E-state index in [4.69, 9.17) is 0 Å². The van der Waals surface area contributed by atoms with Crippen molar-refractivity contribution in [1.29, 1.82) is 0 Å². The van der Waals surface area contributed by atoms with Crippen LogP contribution in [0.5, 0.6) is 0 Å². The third kappa shape index (κ3) is 1.63. The van der Waals surface area contributed by atoms with E-state index < -0.39 is 11.8 Å². The van der Waals surface area contributed by atoms with E-state index in [2.05, 4.69) is 25.7 Å². The lowest BCUT2D eigenvalue weighted by Crippen LogP contribution is -2.00. The van der Waals surface area contributed by atoms with E-state index in [9.17, 15) is 9.18 Å². The summed E-state index contributed by atoms with van der Waals surface area (Å²) in [5, 5.41) is 0.255. The van der Waals surface area contributed by atoms with Gasteiger partial charge in [-0.2, -0.15) is 0 Å². The number of hydrogen-bond donors (Lipinski definition) is 1. The Kier molecular flexibility index (Phi) is 2.48. The number of benzene rings is 1. The molecular formula is C10H7BrFNO2. The van der Waals surface area contributed by atoms with Crippen molar-refractivity contribution in [3.05, 3.63) is 34.2 Å². The molecule has 2 rings (SSSR count). The molecule has 0 saturated carbocycles. The smallest absolute Gasteiger partial charge is 0.340 e. The fourth-order valence-electron chi connectivity index (χ4n) is 1.45. The van der Waals surface area contributed by atoms with Gasteiger partial charge >= 0.3 is 5.97 Å². The maximum absolute atomic E-state index is 13.6. The zero-order valence-corrected chi connectivity index (χ0v) is 9.39. The van der Waals surface area contributed by atoms with Crippen molar-refractivity contribution in [2.45, 2.75) is 0 Å². The predicted molar refractivity (Wildman–Crippen MR) is 57.3 cm³/mol. The molecule has 0 radical (unpaired) electrons. The third-order valence-electron chi connectivity index (χ3n) is 2.10. The molecule has 0 aliphatic carbocycles. The van der Waals surface area contributed by atoms with Crippen LogP contribution in [0, 0.1) is 5.82 Å². The molecule has 0 atom stereocenters. The first-order valence-electron chi connectivity index (χ1n) is 4.18. The van der Waals surface area contributed by atoms with E-state index in [0.717, 1.165) is 0 Å². The molecule has 2 aromatic rings. The molecule has 0 fully saturated rings. The summed E-state index contributed by atoms with van der Waals surface area (Å²) in [6, 6.07) is 3.01. The number of rotatable bonds is 1. The molecule has 15 heavy (non-hydrogen) atoms. The van der Waals surface area contributed by atoms with Gasteiger partial charge in [0.25, 0.3) is 0 Å². The van der Waals surface area contributed by atoms with E-state index in [1.54, 1.807) is 6.07 Å². The molecule has 1 aromatic heterocycles. The summed E-state index contributed by atoms with van der Waals surface area (Å²) < 4.78 is 18.7. The molecule has 3 nitrogen and oxygen atoms in total. The number of hydrogen-bond acceptors (Lipinski definition) is 2. The van der Waals surface area contributed by atoms with E-state index in [0.29, 0.717) is 9.99 Å². The lowest BCUT2D eigenvalue weighted by molar-refractivity contribution is 0.0603. The van der Waals surface area contributed by atoms with Crippen LogP contribution >= 0.6 is 15.9 Å². The number of halogens is 2. The molecule has 0 aliphatic heterocycles. The van der Waals surface area contributed by atoms with E-state index >= 15 is 0 Å². The maximum atomic E-state index is 13.6. The molecule has 0 amide bonds. The van der Waals surface area contributed by atoms with Crippen LogP contribution in [-0.4, -0.2) is 18.1 Å². The molecular weight excluding hydrogens is 265 g/mol. The first kappa shape index (κ1) is 10.2. The number of methoxy groups -OCH3 is 1. The highest BCUT2D eigenvalue weighted by Gasteiger charge is 2.16. The van der Waals surface area contributed by atoms with Gasteiger partial charge in [0.05, 0.1) is 18.2 Å². The molecule has 0 saturated heterocycles. The number of ether oxygens (including phenoxy) is 1. The Bertz CT molecular complexity index is 535. The molecule has 1 aromatic carbocycles. The lowest BCUT2D eigenvalue weighted by Gasteiger charge is -1.98. The monoisotopic (exact) mass is 271 g/mol. The lowest BCUT2D eigenvalue weighted by atomic mass is 10.1. The minimum Gasteiger partial charge on any atom is -0.465 e. The first-order chi connectivity index (χ1) is 7.13. The Labute approximate surface area is 93.4 Å². The third-order valence-corrected chi connectivity index (χ3v) is 2.56. The van der Waals surface area contributed by atoms with Gasteiger partial charge in [-0.1, -0.05) is 15.9 Å². The largest absolute Gasteiger partial charge is 0.465 e. The highest BCUT2D eigenvalue weighted by molar-refractivity contribution is 9.10. The van der Waals surface area contributed by atoms with Crippen molar-refractivity contribution >= 4 is 32.8 Å². The Morgan fingerprint density at radius 1 is 1.53 bits per heavy atom. The van der Waals surface area contributed by atoms with Gasteiger partial charge in [0, 0.05) is 16.1 Å². The number of nitrogens with one attached hydrogen (secondary N) is 1. The van der Waals surface area contributed by atoms with Gasteiger partial charge < -0.3 is 9.72 Å². The van der Waals surface area contributed by atoms with Gasteiger partial charge in [0.15, 0.2) is 0 Å². The Morgan fingerprint density at radius 2 is 2.27 bits per heavy atom. The average molecular weight is 272 g/mol. The quantitative estimate of drug-likeness (QED) is 0.811. The van der Waals surface area contributed by atoms with Gasteiger partial charge in [-0.3, -0.25) is 0 Å². The van der Waals surface area contributed by atoms with Crippen LogP contribution in [0.15, 0.2) is 22.8 Å². The highest BCUT2D eigenvalue weighted by atomic mass is 79.9. The van der Waals surface area contributed by atoms with Crippen LogP contribution in [0.4, 0.5) is 4.39 Å². The molecule has 0 bridgehead atoms. The summed E-state index contributed by atoms with van der Waals surface area (Å²) in [6.07, 6.45) is 1.44. The van der Waals surface area contributed by atoms with Crippen LogP contribution in [0.2, 0.25) is 0 Å². The zero-order valence-electron chi connectivity index (χ0n) is 7.80. The molecule has 78 valence electrons. The topological polar surface area (TPSA) is 42.1 Å². The molecule has 0 spiro atoms. The Hall–Kier alpha value is -1.36. The second kappa shape index (κ2) is 3.66. The van der Waals surface area contributed by atoms with Crippen molar-refractivity contribution in [3.63, 3.8) is 0 Å². The summed E-state index contributed by atoms with van der Waals surface area (Å²) in [4.78, 5) is 14.1. The van der Waals surface area contributed by atoms with E-state index in [1.165, 1.54) is 19.4 Å². The van der Waals surface area contributed by atoms with Crippen molar-refractivity contribution in [1.82, 2.24) is 4.98 Å². The second-order valence-electron chi connectivity index (χ2n) is 3.00. The van der Waals surface area contributed by atoms with E-state index in [-0.39, 0.29) is 10.9 Å². The molecule has 1 heterocycles. The number of aromatic nitrogens is 1. The summed E-state index contributed by atoms with van der Waals surface area (Å²) in [7, 11) is 1.26. The highest BCUT2D eigenvalue weighted by Crippen LogP contribution is 2.26. The SMILES string of the molecule is COC(=O)c1c[nH]c2cc(Br)cc(F)c12. The summed E-state index contributed by atoms with van der Waals surface area (Å²) >= 11 is 3.17. The van der Waals surface area contributed by atoms with E-state index in [1.807, 2.05) is 0 Å². The van der Waals surface area contributed by atoms with Gasteiger partial charge in [-0.15, -0.1) is 0 Å². The molecule has 5 heteroatoms. The standard InChI is InChI=1S/C10H7BrFNO2/c1-15-10(14)6-4-13-8-3-5(11)2-7(12)9(6)8/h2-4,13H,1H3. The van der Waals surface area contributed by atoms with Crippen LogP contribution in [0.1, 0.15) is 10.4 Å². The van der Waals surface area contributed by atoms with Gasteiger partial charge in [-0.05, 0) is 12.1 Å². The average Bonchev–Trinajstić information content (AvgIpc) is 2.60. The van der Waals surface area contributed by atoms with Crippen molar-refractivity contribution in [2.24, 2.45) is 0 Å². The summed E-state index contributed by atoms with van der Waals surface area (Å²) in [5.41, 5.74) is 0.764. The number of aromatic amines is 1. The van der Waals surface area contributed by atoms with Crippen LogP contribution in [-0.2, 0) is 4.74 Å². The van der Waals surface area contributed by atoms with Crippen LogP contribution < -0.4 is 0 Å². The van der Waals surface area contributed by atoms with Crippen LogP contribution in [0.3, 0.4) is 0 Å². The fourth-order valence-corrected chi connectivity index (χ4v) is 1.88. The minimum absolute atomic E-state index is 0.206. The fraction of sp³-hybridized carbons (Fsp3) is 0.100. The van der Waals surface area contributed by atoms with Crippen molar-refractivity contribution < 1.29 is 13.9 Å². The second-order valence-corrected chi connectivity index (χ2v) is 3.92. The molecule has 0 unspecified atom stereocenters. The van der Waals surface area contributed by atoms with Gasteiger partial charge in [0.2, 0.25) is 0 Å². The maximum Gasteiger partial charge on any atom is 0.340 e. The van der Waals surface area contributed by atoms with Gasteiger partial charge in [0.1, 0.15) is 5.82 Å². The Morgan fingerprint density at radius 3 is 2.93 bits per heavy atom. The number of fused-ring (bicyclic) bond motifs is 1. The number of H-pyrrole nitrogens is 1. The first-order valence-corrected chi connectivity index (χ1v) is 4.97. The minimum atomic E-state index is -0.553. The number of carbonyl (C=O) groups is 1. The van der Waals surface area contributed by atoms with Gasteiger partial charge in [-0.25, -0.2) is 9.18 Å². The zero-order chi connectivity index (χ0) is 11.0. The number of esters is 1. The molecule has 1 N–H and O–H groups in total. The summed E-state index contributed by atoms with van der Waals surface area (Å²) in [6.45, 7) is 0. The van der Waals surface area contributed by atoms with Crippen molar-refractivity contribution in [2.75, 3.05) is 7.11 Å². The molecule has 0 aliphatic rings. The van der Waals surface area contributed by atoms with Crippen LogP contribution in [0.25, 0.3) is 10.9 Å². The normalized spacial score (nSPS) is 10.6. The Balaban J connectivity index is 2.74.